The number of hydrogen-bond acceptors (Lipinski definition) is 4. The number of anilines is 2. The molecule has 28 heavy (non-hydrogen) atoms. The molecule has 5 heteroatoms. The first kappa shape index (κ1) is 19.6. The minimum atomic E-state index is -0.547. The molecule has 1 amide bonds. The van der Waals surface area contributed by atoms with Crippen molar-refractivity contribution in [2.45, 2.75) is 32.4 Å². The van der Waals surface area contributed by atoms with Crippen LogP contribution in [0.3, 0.4) is 0 Å². The van der Waals surface area contributed by atoms with Gasteiger partial charge in [0.05, 0.1) is 17.7 Å². The lowest BCUT2D eigenvalue weighted by molar-refractivity contribution is 0.102. The van der Waals surface area contributed by atoms with Crippen molar-refractivity contribution in [3.8, 4) is 0 Å². The first-order valence-electron chi connectivity index (χ1n) is 9.34. The minimum absolute atomic E-state index is 0.181. The summed E-state index contributed by atoms with van der Waals surface area (Å²) in [4.78, 5) is 16.6. The molecule has 0 aliphatic carbocycles. The van der Waals surface area contributed by atoms with E-state index in [1.807, 2.05) is 68.4 Å². The standard InChI is InChI=1S/C23H25N3O2/c1-16-8-11-20(12-9-16)26-23(28)19-10-13-22(24-15-19)25-17(2)21(27)14-18-6-4-3-5-7-18/h3-13,15,17,21,27H,14H2,1-2H3,(H,24,25)(H,26,28). The predicted octanol–water partition coefficient (Wildman–Crippen LogP) is 4.05. The van der Waals surface area contributed by atoms with Crippen LogP contribution >= 0.6 is 0 Å². The van der Waals surface area contributed by atoms with Gasteiger partial charge in [-0.3, -0.25) is 4.79 Å². The second-order valence-electron chi connectivity index (χ2n) is 6.94. The number of carbonyl (C=O) groups excluding carboxylic acids is 1. The van der Waals surface area contributed by atoms with E-state index in [2.05, 4.69) is 15.6 Å². The second kappa shape index (κ2) is 9.15. The molecule has 1 heterocycles. The average molecular weight is 375 g/mol. The largest absolute Gasteiger partial charge is 0.391 e. The Morgan fingerprint density at radius 3 is 2.39 bits per heavy atom. The van der Waals surface area contributed by atoms with Crippen LogP contribution in [0.5, 0.6) is 0 Å². The smallest absolute Gasteiger partial charge is 0.257 e. The van der Waals surface area contributed by atoms with Gasteiger partial charge in [-0.1, -0.05) is 48.0 Å². The van der Waals surface area contributed by atoms with E-state index in [1.165, 1.54) is 6.20 Å². The van der Waals surface area contributed by atoms with Gasteiger partial charge in [0, 0.05) is 18.3 Å². The van der Waals surface area contributed by atoms with Gasteiger partial charge in [-0.05, 0) is 43.7 Å². The molecule has 0 spiro atoms. The number of hydrogen-bond donors (Lipinski definition) is 3. The molecule has 5 nitrogen and oxygen atoms in total. The summed E-state index contributed by atoms with van der Waals surface area (Å²) in [7, 11) is 0. The molecular weight excluding hydrogens is 350 g/mol. The zero-order valence-electron chi connectivity index (χ0n) is 16.1. The predicted molar refractivity (Wildman–Crippen MR) is 113 cm³/mol. The fraction of sp³-hybridized carbons (Fsp3) is 0.217. The van der Waals surface area contributed by atoms with E-state index in [0.717, 1.165) is 16.8 Å². The Morgan fingerprint density at radius 1 is 1.04 bits per heavy atom. The third-order valence-electron chi connectivity index (χ3n) is 4.58. The van der Waals surface area contributed by atoms with Crippen molar-refractivity contribution in [2.24, 2.45) is 0 Å². The highest BCUT2D eigenvalue weighted by atomic mass is 16.3. The fourth-order valence-electron chi connectivity index (χ4n) is 2.82. The van der Waals surface area contributed by atoms with Crippen LogP contribution in [0, 0.1) is 6.92 Å². The summed E-state index contributed by atoms with van der Waals surface area (Å²) in [5, 5.41) is 16.4. The summed E-state index contributed by atoms with van der Waals surface area (Å²) in [6.45, 7) is 3.91. The molecule has 1 aromatic heterocycles. The van der Waals surface area contributed by atoms with Crippen LogP contribution in [0.4, 0.5) is 11.5 Å². The van der Waals surface area contributed by atoms with Crippen molar-refractivity contribution in [2.75, 3.05) is 10.6 Å². The Balaban J connectivity index is 1.56. The van der Waals surface area contributed by atoms with Crippen molar-refractivity contribution >= 4 is 17.4 Å². The maximum atomic E-state index is 12.3. The molecule has 0 aliphatic heterocycles. The molecule has 0 fully saturated rings. The molecule has 2 atom stereocenters. The molecule has 3 aromatic rings. The molecule has 2 unspecified atom stereocenters. The Bertz CT molecular complexity index is 893. The number of benzene rings is 2. The van der Waals surface area contributed by atoms with Crippen LogP contribution < -0.4 is 10.6 Å². The van der Waals surface area contributed by atoms with Gasteiger partial charge in [0.1, 0.15) is 5.82 Å². The van der Waals surface area contributed by atoms with E-state index in [1.54, 1.807) is 12.1 Å². The van der Waals surface area contributed by atoms with E-state index in [0.29, 0.717) is 17.8 Å². The highest BCUT2D eigenvalue weighted by Gasteiger charge is 2.15. The quantitative estimate of drug-likeness (QED) is 0.582. The summed E-state index contributed by atoms with van der Waals surface area (Å²) in [6.07, 6.45) is 1.54. The minimum Gasteiger partial charge on any atom is -0.391 e. The first-order chi connectivity index (χ1) is 13.5. The van der Waals surface area contributed by atoms with E-state index in [4.69, 9.17) is 0 Å². The van der Waals surface area contributed by atoms with Crippen LogP contribution in [-0.4, -0.2) is 28.1 Å². The van der Waals surface area contributed by atoms with Crippen LogP contribution in [0.2, 0.25) is 0 Å². The lowest BCUT2D eigenvalue weighted by Crippen LogP contribution is -2.32. The van der Waals surface area contributed by atoms with Gasteiger partial charge in [-0.2, -0.15) is 0 Å². The van der Waals surface area contributed by atoms with Crippen molar-refractivity contribution < 1.29 is 9.90 Å². The lowest BCUT2D eigenvalue weighted by Gasteiger charge is -2.21. The zero-order chi connectivity index (χ0) is 19.9. The monoisotopic (exact) mass is 375 g/mol. The van der Waals surface area contributed by atoms with Gasteiger partial charge in [0.25, 0.3) is 5.91 Å². The number of aliphatic hydroxyl groups excluding tert-OH is 1. The molecule has 3 N–H and O–H groups in total. The molecule has 2 aromatic carbocycles. The maximum absolute atomic E-state index is 12.3. The number of aromatic nitrogens is 1. The highest BCUT2D eigenvalue weighted by molar-refractivity contribution is 6.04. The second-order valence-corrected chi connectivity index (χ2v) is 6.94. The Labute approximate surface area is 165 Å². The highest BCUT2D eigenvalue weighted by Crippen LogP contribution is 2.14. The number of nitrogens with zero attached hydrogens (tertiary/aromatic N) is 1. The van der Waals surface area contributed by atoms with E-state index in [9.17, 15) is 9.90 Å². The number of pyridine rings is 1. The van der Waals surface area contributed by atoms with Crippen molar-refractivity contribution in [1.82, 2.24) is 4.98 Å². The maximum Gasteiger partial charge on any atom is 0.257 e. The van der Waals surface area contributed by atoms with Gasteiger partial charge in [0.15, 0.2) is 0 Å². The fourth-order valence-corrected chi connectivity index (χ4v) is 2.82. The van der Waals surface area contributed by atoms with Crippen molar-refractivity contribution in [1.29, 1.82) is 0 Å². The lowest BCUT2D eigenvalue weighted by atomic mass is 10.0. The number of rotatable bonds is 7. The average Bonchev–Trinajstić information content (AvgIpc) is 2.71. The van der Waals surface area contributed by atoms with Crippen LogP contribution in [-0.2, 0) is 6.42 Å². The van der Waals surface area contributed by atoms with Gasteiger partial charge < -0.3 is 15.7 Å². The molecule has 0 radical (unpaired) electrons. The summed E-state index contributed by atoms with van der Waals surface area (Å²) in [5.74, 6) is 0.409. The molecule has 3 rings (SSSR count). The SMILES string of the molecule is Cc1ccc(NC(=O)c2ccc(NC(C)C(O)Cc3ccccc3)nc2)cc1. The Hall–Kier alpha value is -3.18. The van der Waals surface area contributed by atoms with E-state index >= 15 is 0 Å². The summed E-state index contributed by atoms with van der Waals surface area (Å²) in [6, 6.07) is 20.8. The first-order valence-corrected chi connectivity index (χ1v) is 9.34. The van der Waals surface area contributed by atoms with Crippen molar-refractivity contribution in [3.05, 3.63) is 89.6 Å². The summed E-state index contributed by atoms with van der Waals surface area (Å²) >= 11 is 0. The van der Waals surface area contributed by atoms with Crippen LogP contribution in [0.25, 0.3) is 0 Å². The molecule has 0 aliphatic rings. The van der Waals surface area contributed by atoms with E-state index < -0.39 is 6.10 Å². The third-order valence-corrected chi connectivity index (χ3v) is 4.58. The van der Waals surface area contributed by atoms with E-state index in [-0.39, 0.29) is 11.9 Å². The number of aryl methyl sites for hydroxylation is 1. The molecule has 0 saturated carbocycles. The molecule has 0 saturated heterocycles. The number of aliphatic hydroxyl groups is 1. The van der Waals surface area contributed by atoms with Gasteiger partial charge >= 0.3 is 0 Å². The van der Waals surface area contributed by atoms with Crippen LogP contribution in [0.15, 0.2) is 72.9 Å². The number of nitrogens with one attached hydrogen (secondary N) is 2. The number of carbonyl (C=O) groups is 1. The summed E-state index contributed by atoms with van der Waals surface area (Å²) in [5.41, 5.74) is 3.44. The van der Waals surface area contributed by atoms with Crippen molar-refractivity contribution in [3.63, 3.8) is 0 Å². The zero-order valence-corrected chi connectivity index (χ0v) is 16.1. The molecule has 0 bridgehead atoms. The molecular formula is C23H25N3O2. The van der Waals surface area contributed by atoms with Gasteiger partial charge in [-0.25, -0.2) is 4.98 Å². The van der Waals surface area contributed by atoms with Crippen LogP contribution in [0.1, 0.15) is 28.4 Å². The topological polar surface area (TPSA) is 74.2 Å². The Kier molecular flexibility index (Phi) is 6.40. The normalized spacial score (nSPS) is 12.8. The third kappa shape index (κ3) is 5.41. The van der Waals surface area contributed by atoms with Gasteiger partial charge in [-0.15, -0.1) is 0 Å². The number of amides is 1. The summed E-state index contributed by atoms with van der Waals surface area (Å²) < 4.78 is 0. The Morgan fingerprint density at radius 2 is 1.75 bits per heavy atom. The van der Waals surface area contributed by atoms with Gasteiger partial charge in [0.2, 0.25) is 0 Å². The molecule has 144 valence electrons.